The summed E-state index contributed by atoms with van der Waals surface area (Å²) in [6.45, 7) is 9.13. The molecular weight excluding hydrogens is 426 g/mol. The van der Waals surface area contributed by atoms with Gasteiger partial charge in [0.1, 0.15) is 6.04 Å². The van der Waals surface area contributed by atoms with E-state index >= 15 is 0 Å². The molecule has 6 nitrogen and oxygen atoms in total. The predicted molar refractivity (Wildman–Crippen MR) is 96.4 cm³/mol. The van der Waals surface area contributed by atoms with Gasteiger partial charge in [-0.2, -0.15) is 10.2 Å². The number of halogens is 2. The van der Waals surface area contributed by atoms with Gasteiger partial charge in [-0.25, -0.2) is 0 Å². The average molecular weight is 447 g/mol. The summed E-state index contributed by atoms with van der Waals surface area (Å²) in [6, 6.07) is -0.331. The van der Waals surface area contributed by atoms with Crippen LogP contribution in [-0.4, -0.2) is 32.0 Å². The lowest BCUT2D eigenvalue weighted by atomic mass is 10.3. The number of aryl methyl sites for hydroxylation is 3. The minimum Gasteiger partial charge on any atom is -0.354 e. The first-order valence-corrected chi connectivity index (χ1v) is 9.08. The molecule has 0 spiro atoms. The lowest BCUT2D eigenvalue weighted by Gasteiger charge is -2.13. The summed E-state index contributed by atoms with van der Waals surface area (Å²) < 4.78 is 5.59. The number of aromatic nitrogens is 4. The first-order chi connectivity index (χ1) is 10.8. The molecule has 2 heterocycles. The van der Waals surface area contributed by atoms with Crippen molar-refractivity contribution in [1.82, 2.24) is 24.9 Å². The third-order valence-electron chi connectivity index (χ3n) is 3.77. The third-order valence-corrected chi connectivity index (χ3v) is 5.70. The van der Waals surface area contributed by atoms with Gasteiger partial charge in [-0.15, -0.1) is 0 Å². The van der Waals surface area contributed by atoms with Crippen molar-refractivity contribution in [3.05, 3.63) is 32.2 Å². The van der Waals surface area contributed by atoms with Crippen molar-refractivity contribution in [2.24, 2.45) is 0 Å². The Morgan fingerprint density at radius 1 is 1.26 bits per heavy atom. The van der Waals surface area contributed by atoms with Gasteiger partial charge in [0.25, 0.3) is 0 Å². The van der Waals surface area contributed by atoms with Crippen LogP contribution in [0.15, 0.2) is 15.1 Å². The summed E-state index contributed by atoms with van der Waals surface area (Å²) in [4.78, 5) is 12.2. The molecule has 1 N–H and O–H groups in total. The van der Waals surface area contributed by atoms with Crippen LogP contribution < -0.4 is 5.32 Å². The molecule has 0 saturated heterocycles. The number of nitrogens with one attached hydrogen (secondary N) is 1. The van der Waals surface area contributed by atoms with Crippen LogP contribution in [0.5, 0.6) is 0 Å². The molecule has 23 heavy (non-hydrogen) atoms. The first kappa shape index (κ1) is 18.2. The second-order valence-corrected chi connectivity index (χ2v) is 7.22. The molecule has 0 saturated carbocycles. The monoisotopic (exact) mass is 445 g/mol. The Morgan fingerprint density at radius 2 is 1.96 bits per heavy atom. The SMILES string of the molecule is Cc1nn(C(C)C(=O)NCCCn2nc(C)c(Br)c2C)cc1Br. The summed E-state index contributed by atoms with van der Waals surface area (Å²) in [6.07, 6.45) is 2.65. The molecule has 0 aromatic carbocycles. The van der Waals surface area contributed by atoms with E-state index in [1.165, 1.54) is 0 Å². The largest absolute Gasteiger partial charge is 0.354 e. The standard InChI is InChI=1S/C15H21Br2N5O/c1-9-13(16)8-22(19-9)12(4)15(23)18-6-5-7-21-11(3)14(17)10(2)20-21/h8,12H,5-7H2,1-4H3,(H,18,23). The normalized spacial score (nSPS) is 12.4. The average Bonchev–Trinajstić information content (AvgIpc) is 2.97. The molecule has 1 atom stereocenters. The lowest BCUT2D eigenvalue weighted by molar-refractivity contribution is -0.124. The van der Waals surface area contributed by atoms with Gasteiger partial charge < -0.3 is 5.32 Å². The minimum atomic E-state index is -0.331. The number of hydrogen-bond acceptors (Lipinski definition) is 3. The highest BCUT2D eigenvalue weighted by Crippen LogP contribution is 2.20. The van der Waals surface area contributed by atoms with Crippen molar-refractivity contribution in [1.29, 1.82) is 0 Å². The van der Waals surface area contributed by atoms with Gasteiger partial charge in [-0.05, 0) is 66.0 Å². The van der Waals surface area contributed by atoms with E-state index in [4.69, 9.17) is 0 Å². The first-order valence-electron chi connectivity index (χ1n) is 7.49. The summed E-state index contributed by atoms with van der Waals surface area (Å²) in [5.41, 5.74) is 2.97. The molecule has 8 heteroatoms. The maximum Gasteiger partial charge on any atom is 0.244 e. The zero-order chi connectivity index (χ0) is 17.1. The highest BCUT2D eigenvalue weighted by molar-refractivity contribution is 9.10. The highest BCUT2D eigenvalue weighted by Gasteiger charge is 2.16. The molecule has 0 aliphatic carbocycles. The molecule has 1 amide bonds. The van der Waals surface area contributed by atoms with Gasteiger partial charge in [0, 0.05) is 25.0 Å². The molecule has 0 bridgehead atoms. The Labute approximate surface area is 152 Å². The van der Waals surface area contributed by atoms with Gasteiger partial charge in [0.2, 0.25) is 5.91 Å². The summed E-state index contributed by atoms with van der Waals surface area (Å²) >= 11 is 6.93. The second kappa shape index (κ2) is 7.61. The van der Waals surface area contributed by atoms with Gasteiger partial charge in [-0.3, -0.25) is 14.2 Å². The van der Waals surface area contributed by atoms with Crippen molar-refractivity contribution in [2.75, 3.05) is 6.54 Å². The second-order valence-electron chi connectivity index (χ2n) is 5.57. The molecule has 1 unspecified atom stereocenters. The van der Waals surface area contributed by atoms with Crippen LogP contribution in [0.25, 0.3) is 0 Å². The van der Waals surface area contributed by atoms with E-state index in [1.807, 2.05) is 38.6 Å². The van der Waals surface area contributed by atoms with Gasteiger partial charge >= 0.3 is 0 Å². The van der Waals surface area contributed by atoms with E-state index in [-0.39, 0.29) is 11.9 Å². The molecule has 2 aromatic rings. The Hall–Kier alpha value is -1.15. The van der Waals surface area contributed by atoms with Gasteiger partial charge in [0.05, 0.1) is 20.3 Å². The molecule has 0 aliphatic heterocycles. The van der Waals surface area contributed by atoms with Crippen LogP contribution in [0.3, 0.4) is 0 Å². The molecule has 2 rings (SSSR count). The summed E-state index contributed by atoms with van der Waals surface area (Å²) in [5.74, 6) is -0.0328. The summed E-state index contributed by atoms with van der Waals surface area (Å²) in [5, 5.41) is 11.7. The summed E-state index contributed by atoms with van der Waals surface area (Å²) in [7, 11) is 0. The quantitative estimate of drug-likeness (QED) is 0.692. The van der Waals surface area contributed by atoms with Crippen LogP contribution >= 0.6 is 31.9 Å². The fraction of sp³-hybridized carbons (Fsp3) is 0.533. The molecule has 126 valence electrons. The lowest BCUT2D eigenvalue weighted by Crippen LogP contribution is -2.32. The number of amides is 1. The van der Waals surface area contributed by atoms with Crippen molar-refractivity contribution >= 4 is 37.8 Å². The third kappa shape index (κ3) is 4.23. The fourth-order valence-electron chi connectivity index (χ4n) is 2.26. The van der Waals surface area contributed by atoms with Crippen LogP contribution in [0.2, 0.25) is 0 Å². The number of rotatable bonds is 6. The van der Waals surface area contributed by atoms with E-state index in [2.05, 4.69) is 47.4 Å². The van der Waals surface area contributed by atoms with E-state index < -0.39 is 0 Å². The van der Waals surface area contributed by atoms with Crippen LogP contribution in [0.4, 0.5) is 0 Å². The van der Waals surface area contributed by atoms with E-state index in [1.54, 1.807) is 4.68 Å². The zero-order valence-corrected chi connectivity index (χ0v) is 16.9. The Morgan fingerprint density at radius 3 is 2.48 bits per heavy atom. The van der Waals surface area contributed by atoms with Gasteiger partial charge in [-0.1, -0.05) is 0 Å². The molecule has 0 fully saturated rings. The number of hydrogen-bond donors (Lipinski definition) is 1. The Bertz CT molecular complexity index is 688. The Kier molecular flexibility index (Phi) is 6.02. The van der Waals surface area contributed by atoms with Crippen LogP contribution in [0, 0.1) is 20.8 Å². The number of carbonyl (C=O) groups excluding carboxylic acids is 1. The van der Waals surface area contributed by atoms with Crippen molar-refractivity contribution in [3.8, 4) is 0 Å². The topological polar surface area (TPSA) is 64.7 Å². The molecule has 2 aromatic heterocycles. The fourth-order valence-corrected chi connectivity index (χ4v) is 2.83. The Balaban J connectivity index is 1.81. The molecular formula is C15H21Br2N5O. The number of nitrogens with zero attached hydrogens (tertiary/aromatic N) is 4. The molecule has 0 radical (unpaired) electrons. The van der Waals surface area contributed by atoms with Gasteiger partial charge in [0.15, 0.2) is 0 Å². The van der Waals surface area contributed by atoms with Crippen molar-refractivity contribution in [2.45, 2.75) is 46.7 Å². The zero-order valence-electron chi connectivity index (χ0n) is 13.7. The minimum absolute atomic E-state index is 0.0328. The van der Waals surface area contributed by atoms with E-state index in [9.17, 15) is 4.79 Å². The number of carbonyl (C=O) groups is 1. The van der Waals surface area contributed by atoms with Crippen LogP contribution in [-0.2, 0) is 11.3 Å². The highest BCUT2D eigenvalue weighted by atomic mass is 79.9. The predicted octanol–water partition coefficient (Wildman–Crippen LogP) is 3.30. The van der Waals surface area contributed by atoms with Crippen LogP contribution in [0.1, 0.15) is 36.5 Å². The van der Waals surface area contributed by atoms with E-state index in [0.717, 1.165) is 39.0 Å². The van der Waals surface area contributed by atoms with Crippen molar-refractivity contribution in [3.63, 3.8) is 0 Å². The maximum atomic E-state index is 12.2. The maximum absolute atomic E-state index is 12.2. The van der Waals surface area contributed by atoms with E-state index in [0.29, 0.717) is 6.54 Å². The smallest absolute Gasteiger partial charge is 0.244 e. The van der Waals surface area contributed by atoms with Crippen molar-refractivity contribution < 1.29 is 4.79 Å². The molecule has 0 aliphatic rings.